The van der Waals surface area contributed by atoms with E-state index in [0.29, 0.717) is 31.6 Å². The van der Waals surface area contributed by atoms with Crippen LogP contribution in [0.3, 0.4) is 0 Å². The molecular weight excluding hydrogens is 376 g/mol. The first-order valence-corrected chi connectivity index (χ1v) is 10.1. The predicted molar refractivity (Wildman–Crippen MR) is 122 cm³/mol. The summed E-state index contributed by atoms with van der Waals surface area (Å²) >= 11 is 0. The minimum absolute atomic E-state index is 0.137. The van der Waals surface area contributed by atoms with Crippen molar-refractivity contribution in [3.05, 3.63) is 77.4 Å². The third-order valence-electron chi connectivity index (χ3n) is 4.88. The van der Waals surface area contributed by atoms with Gasteiger partial charge in [-0.2, -0.15) is 0 Å². The summed E-state index contributed by atoms with van der Waals surface area (Å²) in [7, 11) is 0. The maximum atomic E-state index is 12.3. The van der Waals surface area contributed by atoms with Gasteiger partial charge in [0, 0.05) is 25.2 Å². The minimum atomic E-state index is -0.528. The summed E-state index contributed by atoms with van der Waals surface area (Å²) in [4.78, 5) is 24.4. The fourth-order valence-corrected chi connectivity index (χ4v) is 2.96. The fourth-order valence-electron chi connectivity index (χ4n) is 2.96. The maximum absolute atomic E-state index is 12.3. The summed E-state index contributed by atoms with van der Waals surface area (Å²) in [5.74, 6) is -0.137. The van der Waals surface area contributed by atoms with Gasteiger partial charge in [0.05, 0.1) is 5.54 Å². The van der Waals surface area contributed by atoms with E-state index in [9.17, 15) is 9.59 Å². The largest absolute Gasteiger partial charge is 0.352 e. The van der Waals surface area contributed by atoms with Gasteiger partial charge in [-0.3, -0.25) is 4.79 Å². The lowest BCUT2D eigenvalue weighted by atomic mass is 9.92. The molecule has 2 aromatic rings. The Balaban J connectivity index is 1.74. The number of rotatable bonds is 9. The van der Waals surface area contributed by atoms with E-state index in [1.54, 1.807) is 12.1 Å². The Hall–Kier alpha value is -3.12. The highest BCUT2D eigenvalue weighted by molar-refractivity contribution is 5.94. The van der Waals surface area contributed by atoms with Crippen LogP contribution in [0, 0.1) is 0 Å². The highest BCUT2D eigenvalue weighted by atomic mass is 16.2. The molecule has 5 N–H and O–H groups in total. The summed E-state index contributed by atoms with van der Waals surface area (Å²) in [5.41, 5.74) is 9.65. The Morgan fingerprint density at radius 3 is 2.30 bits per heavy atom. The van der Waals surface area contributed by atoms with Gasteiger partial charge in [-0.25, -0.2) is 4.79 Å². The topological polar surface area (TPSA) is 96.2 Å². The second kappa shape index (κ2) is 10.6. The van der Waals surface area contributed by atoms with Crippen LogP contribution in [0.4, 0.5) is 4.79 Å². The maximum Gasteiger partial charge on any atom is 0.315 e. The van der Waals surface area contributed by atoms with Crippen LogP contribution in [0.25, 0.3) is 5.57 Å². The molecule has 0 spiro atoms. The van der Waals surface area contributed by atoms with E-state index in [1.807, 2.05) is 57.2 Å². The van der Waals surface area contributed by atoms with Crippen molar-refractivity contribution >= 4 is 17.5 Å². The van der Waals surface area contributed by atoms with Crippen molar-refractivity contribution in [1.29, 1.82) is 0 Å². The molecule has 0 aliphatic heterocycles. The monoisotopic (exact) mass is 408 g/mol. The van der Waals surface area contributed by atoms with Crippen LogP contribution in [-0.2, 0) is 12.1 Å². The second-order valence-electron chi connectivity index (χ2n) is 7.88. The molecule has 0 unspecified atom stereocenters. The van der Waals surface area contributed by atoms with Gasteiger partial charge in [-0.05, 0) is 62.1 Å². The summed E-state index contributed by atoms with van der Waals surface area (Å²) in [6.45, 7) is 11.2. The molecule has 0 bridgehead atoms. The van der Waals surface area contributed by atoms with E-state index in [0.717, 1.165) is 22.3 Å². The van der Waals surface area contributed by atoms with E-state index in [4.69, 9.17) is 5.73 Å². The Morgan fingerprint density at radius 1 is 1.00 bits per heavy atom. The van der Waals surface area contributed by atoms with E-state index >= 15 is 0 Å². The summed E-state index contributed by atoms with van der Waals surface area (Å²) in [6, 6.07) is 15.0. The van der Waals surface area contributed by atoms with Gasteiger partial charge in [0.25, 0.3) is 5.91 Å². The number of hydrogen-bond donors (Lipinski definition) is 4. The first kappa shape index (κ1) is 23.2. The van der Waals surface area contributed by atoms with Crippen molar-refractivity contribution in [1.82, 2.24) is 16.0 Å². The molecule has 3 amide bonds. The number of amides is 3. The lowest BCUT2D eigenvalue weighted by Gasteiger charge is -2.27. The number of nitrogens with one attached hydrogen (secondary N) is 3. The standard InChI is InChI=1S/C24H32N4O2/c1-17(2)20-7-5-8-21(15-20)24(3,4)28-23(30)27-14-6-13-26-22(29)19-11-9-18(16-25)10-12-19/h5,7-12,15H,1,6,13-14,16,25H2,2-4H3,(H,26,29)(H2,27,28,30). The number of benzene rings is 2. The van der Waals surface area contributed by atoms with Gasteiger partial charge in [-0.1, -0.05) is 42.5 Å². The van der Waals surface area contributed by atoms with Crippen LogP contribution >= 0.6 is 0 Å². The first-order chi connectivity index (χ1) is 14.2. The smallest absolute Gasteiger partial charge is 0.315 e. The van der Waals surface area contributed by atoms with Crippen LogP contribution in [0.5, 0.6) is 0 Å². The van der Waals surface area contributed by atoms with Gasteiger partial charge in [-0.15, -0.1) is 0 Å². The Morgan fingerprint density at radius 2 is 1.67 bits per heavy atom. The van der Waals surface area contributed by atoms with Gasteiger partial charge in [0.15, 0.2) is 0 Å². The molecule has 0 saturated carbocycles. The third kappa shape index (κ3) is 6.74. The van der Waals surface area contributed by atoms with Gasteiger partial charge in [0.1, 0.15) is 0 Å². The number of nitrogens with two attached hydrogens (primary N) is 1. The van der Waals surface area contributed by atoms with E-state index in [-0.39, 0.29) is 11.9 Å². The van der Waals surface area contributed by atoms with Crippen molar-refractivity contribution in [2.75, 3.05) is 13.1 Å². The van der Waals surface area contributed by atoms with Gasteiger partial charge < -0.3 is 21.7 Å². The molecule has 0 aromatic heterocycles. The highest BCUT2D eigenvalue weighted by Crippen LogP contribution is 2.23. The molecule has 0 saturated heterocycles. The van der Waals surface area contributed by atoms with Crippen molar-refractivity contribution < 1.29 is 9.59 Å². The molecule has 0 heterocycles. The lowest BCUT2D eigenvalue weighted by molar-refractivity contribution is 0.0953. The Labute approximate surface area is 178 Å². The molecular formula is C24H32N4O2. The number of hydrogen-bond acceptors (Lipinski definition) is 3. The molecule has 0 atom stereocenters. The summed E-state index contributed by atoms with van der Waals surface area (Å²) in [6.07, 6.45) is 0.631. The number of allylic oxidation sites excluding steroid dienone is 1. The molecule has 0 aliphatic carbocycles. The number of carbonyl (C=O) groups is 2. The van der Waals surface area contributed by atoms with E-state index in [1.165, 1.54) is 0 Å². The van der Waals surface area contributed by atoms with Crippen molar-refractivity contribution in [3.63, 3.8) is 0 Å². The second-order valence-corrected chi connectivity index (χ2v) is 7.88. The molecule has 6 nitrogen and oxygen atoms in total. The zero-order chi connectivity index (χ0) is 22.1. The van der Waals surface area contributed by atoms with Crippen LogP contribution in [0.1, 0.15) is 54.2 Å². The molecule has 160 valence electrons. The first-order valence-electron chi connectivity index (χ1n) is 10.1. The molecule has 2 aromatic carbocycles. The SMILES string of the molecule is C=C(C)c1cccc(C(C)(C)NC(=O)NCCCNC(=O)c2ccc(CN)cc2)c1. The van der Waals surface area contributed by atoms with E-state index < -0.39 is 5.54 Å². The molecule has 30 heavy (non-hydrogen) atoms. The number of urea groups is 1. The van der Waals surface area contributed by atoms with Crippen LogP contribution in [-0.4, -0.2) is 25.0 Å². The quantitative estimate of drug-likeness (QED) is 0.478. The predicted octanol–water partition coefficient (Wildman–Crippen LogP) is 3.53. The van der Waals surface area contributed by atoms with Gasteiger partial charge in [0.2, 0.25) is 0 Å². The van der Waals surface area contributed by atoms with E-state index in [2.05, 4.69) is 22.5 Å². The Kier molecular flexibility index (Phi) is 8.18. The van der Waals surface area contributed by atoms with Crippen molar-refractivity contribution in [3.8, 4) is 0 Å². The lowest BCUT2D eigenvalue weighted by Crippen LogP contribution is -2.47. The molecule has 0 fully saturated rings. The van der Waals surface area contributed by atoms with Crippen LogP contribution in [0.2, 0.25) is 0 Å². The van der Waals surface area contributed by atoms with Crippen molar-refractivity contribution in [2.24, 2.45) is 5.73 Å². The third-order valence-corrected chi connectivity index (χ3v) is 4.88. The zero-order valence-electron chi connectivity index (χ0n) is 18.0. The van der Waals surface area contributed by atoms with Gasteiger partial charge >= 0.3 is 6.03 Å². The molecule has 6 heteroatoms. The molecule has 0 aliphatic rings. The normalized spacial score (nSPS) is 10.9. The van der Waals surface area contributed by atoms with Crippen LogP contribution in [0.15, 0.2) is 55.1 Å². The average molecular weight is 409 g/mol. The Bertz CT molecular complexity index is 888. The summed E-state index contributed by atoms with van der Waals surface area (Å²) in [5, 5.41) is 8.69. The average Bonchev–Trinajstić information content (AvgIpc) is 2.73. The molecule has 0 radical (unpaired) electrons. The van der Waals surface area contributed by atoms with Crippen molar-refractivity contribution in [2.45, 2.75) is 39.3 Å². The number of carbonyl (C=O) groups excluding carboxylic acids is 2. The minimum Gasteiger partial charge on any atom is -0.352 e. The summed E-state index contributed by atoms with van der Waals surface area (Å²) < 4.78 is 0. The highest BCUT2D eigenvalue weighted by Gasteiger charge is 2.23. The van der Waals surface area contributed by atoms with Crippen LogP contribution < -0.4 is 21.7 Å². The fraction of sp³-hybridized carbons (Fsp3) is 0.333. The molecule has 2 rings (SSSR count). The zero-order valence-corrected chi connectivity index (χ0v) is 18.0.